The Kier molecular flexibility index (Phi) is 3.66. The number of carboxylic acid groups (broad SMARTS) is 1. The number of aliphatic carboxylic acids is 1. The molecule has 5 nitrogen and oxygen atoms in total. The van der Waals surface area contributed by atoms with Crippen molar-refractivity contribution in [1.29, 1.82) is 0 Å². The predicted molar refractivity (Wildman–Crippen MR) is 62.2 cm³/mol. The van der Waals surface area contributed by atoms with Crippen molar-refractivity contribution in [2.45, 2.75) is 25.7 Å². The lowest BCUT2D eigenvalue weighted by Crippen LogP contribution is -2.56. The molecule has 0 aromatic heterocycles. The topological polar surface area (TPSA) is 83.6 Å². The fourth-order valence-corrected chi connectivity index (χ4v) is 2.86. The summed E-state index contributed by atoms with van der Waals surface area (Å²) in [5.74, 6) is -0.715. The number of amides is 1. The molecule has 96 valence electrons. The number of carboxylic acids is 1. The molecule has 0 aromatic carbocycles. The third-order valence-electron chi connectivity index (χ3n) is 4.07. The molecule has 2 atom stereocenters. The van der Waals surface area contributed by atoms with E-state index in [1.54, 1.807) is 4.90 Å². The van der Waals surface area contributed by atoms with E-state index in [-0.39, 0.29) is 17.7 Å². The van der Waals surface area contributed by atoms with Crippen molar-refractivity contribution in [3.8, 4) is 0 Å². The number of hydrogen-bond donors (Lipinski definition) is 2. The van der Waals surface area contributed by atoms with Gasteiger partial charge in [0.05, 0.1) is 5.92 Å². The van der Waals surface area contributed by atoms with E-state index in [4.69, 9.17) is 10.8 Å². The third-order valence-corrected chi connectivity index (χ3v) is 4.07. The fourth-order valence-electron chi connectivity index (χ4n) is 2.86. The van der Waals surface area contributed by atoms with Crippen molar-refractivity contribution in [2.75, 3.05) is 19.6 Å². The molecule has 0 radical (unpaired) electrons. The normalized spacial score (nSPS) is 29.8. The van der Waals surface area contributed by atoms with Gasteiger partial charge < -0.3 is 15.7 Å². The van der Waals surface area contributed by atoms with Crippen LogP contribution in [0.5, 0.6) is 0 Å². The molecule has 1 heterocycles. The number of rotatable bonds is 3. The van der Waals surface area contributed by atoms with Crippen LogP contribution >= 0.6 is 0 Å². The van der Waals surface area contributed by atoms with E-state index in [2.05, 4.69) is 0 Å². The first-order chi connectivity index (χ1) is 8.13. The molecule has 17 heavy (non-hydrogen) atoms. The van der Waals surface area contributed by atoms with Gasteiger partial charge in [0.25, 0.3) is 0 Å². The second-order valence-corrected chi connectivity index (χ2v) is 5.17. The molecule has 1 aliphatic carbocycles. The van der Waals surface area contributed by atoms with Gasteiger partial charge in [-0.15, -0.1) is 0 Å². The highest BCUT2D eigenvalue weighted by Crippen LogP contribution is 2.32. The summed E-state index contributed by atoms with van der Waals surface area (Å²) >= 11 is 0. The maximum Gasteiger partial charge on any atom is 0.310 e. The first kappa shape index (κ1) is 12.4. The van der Waals surface area contributed by atoms with Crippen molar-refractivity contribution in [3.05, 3.63) is 0 Å². The van der Waals surface area contributed by atoms with Gasteiger partial charge in [-0.3, -0.25) is 9.59 Å². The summed E-state index contributed by atoms with van der Waals surface area (Å²) in [7, 11) is 0. The van der Waals surface area contributed by atoms with Crippen molar-refractivity contribution < 1.29 is 14.7 Å². The summed E-state index contributed by atoms with van der Waals surface area (Å²) in [5, 5.41) is 8.78. The van der Waals surface area contributed by atoms with Gasteiger partial charge in [0.1, 0.15) is 0 Å². The maximum absolute atomic E-state index is 12.2. The Labute approximate surface area is 101 Å². The number of likely N-dealkylation sites (tertiary alicyclic amines) is 1. The molecule has 1 amide bonds. The average molecular weight is 240 g/mol. The lowest BCUT2D eigenvalue weighted by molar-refractivity contribution is -0.155. The summed E-state index contributed by atoms with van der Waals surface area (Å²) in [6, 6.07) is 0. The van der Waals surface area contributed by atoms with E-state index in [0.717, 1.165) is 25.7 Å². The minimum Gasteiger partial charge on any atom is -0.481 e. The molecule has 5 heteroatoms. The Morgan fingerprint density at radius 1 is 1.24 bits per heavy atom. The van der Waals surface area contributed by atoms with E-state index < -0.39 is 5.97 Å². The van der Waals surface area contributed by atoms with E-state index >= 15 is 0 Å². The van der Waals surface area contributed by atoms with Gasteiger partial charge >= 0.3 is 5.97 Å². The van der Waals surface area contributed by atoms with Crippen LogP contribution in [0.1, 0.15) is 25.7 Å². The maximum atomic E-state index is 12.2. The zero-order chi connectivity index (χ0) is 12.4. The first-order valence-electron chi connectivity index (χ1n) is 6.35. The number of hydrogen-bond acceptors (Lipinski definition) is 3. The second-order valence-electron chi connectivity index (χ2n) is 5.17. The van der Waals surface area contributed by atoms with Gasteiger partial charge in [0.2, 0.25) is 5.91 Å². The zero-order valence-electron chi connectivity index (χ0n) is 9.97. The van der Waals surface area contributed by atoms with Crippen LogP contribution in [0.3, 0.4) is 0 Å². The number of carbonyl (C=O) groups excluding carboxylic acids is 1. The van der Waals surface area contributed by atoms with Crippen LogP contribution < -0.4 is 5.73 Å². The summed E-state index contributed by atoms with van der Waals surface area (Å²) in [4.78, 5) is 24.6. The van der Waals surface area contributed by atoms with E-state index in [0.29, 0.717) is 25.6 Å². The number of nitrogens with zero attached hydrogens (tertiary/aromatic N) is 1. The quantitative estimate of drug-likeness (QED) is 0.743. The Bertz CT molecular complexity index is 313. The minimum absolute atomic E-state index is 0.0310. The number of nitrogens with two attached hydrogens (primary N) is 1. The molecular weight excluding hydrogens is 220 g/mol. The van der Waals surface area contributed by atoms with Gasteiger partial charge in [-0.25, -0.2) is 0 Å². The van der Waals surface area contributed by atoms with Crippen molar-refractivity contribution in [2.24, 2.45) is 23.5 Å². The van der Waals surface area contributed by atoms with Crippen LogP contribution in [0.2, 0.25) is 0 Å². The highest BCUT2D eigenvalue weighted by molar-refractivity contribution is 5.83. The molecule has 3 N–H and O–H groups in total. The third kappa shape index (κ3) is 2.44. The van der Waals surface area contributed by atoms with Crippen molar-refractivity contribution in [1.82, 2.24) is 4.90 Å². The molecule has 2 aliphatic rings. The summed E-state index contributed by atoms with van der Waals surface area (Å²) in [6.07, 6.45) is 4.19. The van der Waals surface area contributed by atoms with Gasteiger partial charge in [-0.2, -0.15) is 0 Å². The standard InChI is InChI=1S/C12H20N2O3/c13-5-8-3-1-2-4-10(8)11(15)14-6-9(7-14)12(16)17/h8-10H,1-7,13H2,(H,16,17). The summed E-state index contributed by atoms with van der Waals surface area (Å²) in [6.45, 7) is 1.32. The van der Waals surface area contributed by atoms with Gasteiger partial charge in [0.15, 0.2) is 0 Å². The molecule has 0 bridgehead atoms. The monoisotopic (exact) mass is 240 g/mol. The molecular formula is C12H20N2O3. The Hall–Kier alpha value is -1.10. The molecule has 2 unspecified atom stereocenters. The van der Waals surface area contributed by atoms with E-state index in [1.807, 2.05) is 0 Å². The van der Waals surface area contributed by atoms with Crippen molar-refractivity contribution >= 4 is 11.9 Å². The molecule has 0 aromatic rings. The molecule has 0 spiro atoms. The first-order valence-corrected chi connectivity index (χ1v) is 6.35. The summed E-state index contributed by atoms with van der Waals surface area (Å²) in [5.41, 5.74) is 5.70. The van der Waals surface area contributed by atoms with Crippen LogP contribution in [0.4, 0.5) is 0 Å². The van der Waals surface area contributed by atoms with Crippen molar-refractivity contribution in [3.63, 3.8) is 0 Å². The molecule has 2 rings (SSSR count). The Morgan fingerprint density at radius 2 is 1.88 bits per heavy atom. The van der Waals surface area contributed by atoms with E-state index in [9.17, 15) is 9.59 Å². The van der Waals surface area contributed by atoms with Crippen LogP contribution in [-0.2, 0) is 9.59 Å². The van der Waals surface area contributed by atoms with Crippen LogP contribution in [0, 0.1) is 17.8 Å². The summed E-state index contributed by atoms with van der Waals surface area (Å²) < 4.78 is 0. The lowest BCUT2D eigenvalue weighted by atomic mass is 9.77. The van der Waals surface area contributed by atoms with E-state index in [1.165, 1.54) is 0 Å². The highest BCUT2D eigenvalue weighted by Gasteiger charge is 2.40. The molecule has 2 fully saturated rings. The number of carbonyl (C=O) groups is 2. The lowest BCUT2D eigenvalue weighted by Gasteiger charge is -2.41. The van der Waals surface area contributed by atoms with Gasteiger partial charge in [-0.05, 0) is 25.3 Å². The second kappa shape index (κ2) is 5.04. The SMILES string of the molecule is NCC1CCCCC1C(=O)N1CC(C(=O)O)C1. The molecule has 1 aliphatic heterocycles. The molecule has 1 saturated heterocycles. The van der Waals surface area contributed by atoms with Crippen LogP contribution in [-0.4, -0.2) is 41.5 Å². The smallest absolute Gasteiger partial charge is 0.310 e. The molecule has 1 saturated carbocycles. The zero-order valence-corrected chi connectivity index (χ0v) is 9.97. The largest absolute Gasteiger partial charge is 0.481 e. The van der Waals surface area contributed by atoms with Gasteiger partial charge in [-0.1, -0.05) is 12.8 Å². The van der Waals surface area contributed by atoms with Crippen LogP contribution in [0.15, 0.2) is 0 Å². The van der Waals surface area contributed by atoms with Gasteiger partial charge in [0, 0.05) is 19.0 Å². The Balaban J connectivity index is 1.89. The fraction of sp³-hybridized carbons (Fsp3) is 0.833. The predicted octanol–water partition coefficient (Wildman–Crippen LogP) is 0.295. The average Bonchev–Trinajstić information content (AvgIpc) is 2.26. The Morgan fingerprint density at radius 3 is 2.47 bits per heavy atom. The van der Waals surface area contributed by atoms with Crippen LogP contribution in [0.25, 0.3) is 0 Å². The highest BCUT2D eigenvalue weighted by atomic mass is 16.4. The minimum atomic E-state index is -0.798.